The lowest BCUT2D eigenvalue weighted by molar-refractivity contribution is 0.276. The van der Waals surface area contributed by atoms with Gasteiger partial charge in [0, 0.05) is 5.56 Å². The van der Waals surface area contributed by atoms with Crippen molar-refractivity contribution >= 4 is 15.9 Å². The van der Waals surface area contributed by atoms with Crippen molar-refractivity contribution in [3.8, 4) is 11.4 Å². The van der Waals surface area contributed by atoms with Crippen molar-refractivity contribution in [3.05, 3.63) is 39.1 Å². The smallest absolute Gasteiger partial charge is 0.139 e. The highest BCUT2D eigenvalue weighted by Crippen LogP contribution is 2.28. The number of H-pyrrole nitrogens is 1. The molecule has 2 rings (SSSR count). The van der Waals surface area contributed by atoms with Crippen LogP contribution in [0.4, 0.5) is 0 Å². The van der Waals surface area contributed by atoms with Crippen molar-refractivity contribution in [2.75, 3.05) is 0 Å². The lowest BCUT2D eigenvalue weighted by Crippen LogP contribution is -1.92. The molecule has 90 valence electrons. The second-order valence-electron chi connectivity index (χ2n) is 4.29. The van der Waals surface area contributed by atoms with Gasteiger partial charge in [-0.05, 0) is 47.8 Å². The highest BCUT2D eigenvalue weighted by molar-refractivity contribution is 9.10. The maximum absolute atomic E-state index is 9.16. The summed E-state index contributed by atoms with van der Waals surface area (Å²) in [6, 6.07) is 4.27. The Morgan fingerprint density at radius 2 is 1.82 bits per heavy atom. The van der Waals surface area contributed by atoms with Gasteiger partial charge in [0.15, 0.2) is 0 Å². The highest BCUT2D eigenvalue weighted by atomic mass is 79.9. The van der Waals surface area contributed by atoms with Crippen LogP contribution in [0.2, 0.25) is 0 Å². The fourth-order valence-corrected chi connectivity index (χ4v) is 2.57. The van der Waals surface area contributed by atoms with Crippen LogP contribution in [0, 0.1) is 20.8 Å². The van der Waals surface area contributed by atoms with Gasteiger partial charge < -0.3 is 10.1 Å². The van der Waals surface area contributed by atoms with Gasteiger partial charge in [-0.1, -0.05) is 17.7 Å². The minimum absolute atomic E-state index is 0.0441. The number of imidazole rings is 1. The summed E-state index contributed by atoms with van der Waals surface area (Å²) in [5.74, 6) is 0.802. The van der Waals surface area contributed by atoms with Gasteiger partial charge in [0.05, 0.1) is 12.3 Å². The lowest BCUT2D eigenvalue weighted by atomic mass is 9.99. The average molecular weight is 295 g/mol. The normalized spacial score (nSPS) is 10.9. The van der Waals surface area contributed by atoms with E-state index < -0.39 is 0 Å². The second-order valence-corrected chi connectivity index (χ2v) is 5.04. The summed E-state index contributed by atoms with van der Waals surface area (Å²) in [4.78, 5) is 7.54. The van der Waals surface area contributed by atoms with E-state index in [1.54, 1.807) is 0 Å². The number of aliphatic hydroxyl groups is 1. The van der Waals surface area contributed by atoms with E-state index in [0.717, 1.165) is 11.4 Å². The molecule has 17 heavy (non-hydrogen) atoms. The van der Waals surface area contributed by atoms with Crippen LogP contribution in [0.15, 0.2) is 16.7 Å². The molecule has 0 atom stereocenters. The summed E-state index contributed by atoms with van der Waals surface area (Å²) in [6.07, 6.45) is 0. The van der Waals surface area contributed by atoms with Crippen LogP contribution >= 0.6 is 15.9 Å². The minimum atomic E-state index is -0.0441. The van der Waals surface area contributed by atoms with Crippen LogP contribution < -0.4 is 0 Å². The number of hydrogen-bond acceptors (Lipinski definition) is 2. The molecule has 0 aliphatic rings. The molecule has 0 bridgehead atoms. The van der Waals surface area contributed by atoms with E-state index in [4.69, 9.17) is 5.11 Å². The first-order valence-corrected chi connectivity index (χ1v) is 6.25. The van der Waals surface area contributed by atoms with Crippen molar-refractivity contribution in [2.45, 2.75) is 27.4 Å². The van der Waals surface area contributed by atoms with E-state index in [-0.39, 0.29) is 6.61 Å². The molecule has 0 fully saturated rings. The van der Waals surface area contributed by atoms with E-state index in [1.165, 1.54) is 16.7 Å². The molecule has 3 nitrogen and oxygen atoms in total. The van der Waals surface area contributed by atoms with Crippen LogP contribution in [0.1, 0.15) is 22.4 Å². The molecular formula is C13H15BrN2O. The molecule has 1 heterocycles. The number of nitrogens with one attached hydrogen (secondary N) is 1. The van der Waals surface area contributed by atoms with Gasteiger partial charge >= 0.3 is 0 Å². The molecule has 0 saturated carbocycles. The van der Waals surface area contributed by atoms with Crippen LogP contribution in [0.25, 0.3) is 11.4 Å². The molecule has 0 aliphatic carbocycles. The zero-order chi connectivity index (χ0) is 12.6. The number of nitrogens with zero attached hydrogens (tertiary/aromatic N) is 1. The monoisotopic (exact) mass is 294 g/mol. The molecule has 1 aromatic carbocycles. The Balaban J connectivity index is 2.60. The van der Waals surface area contributed by atoms with Crippen LogP contribution in [-0.2, 0) is 6.61 Å². The zero-order valence-electron chi connectivity index (χ0n) is 10.1. The predicted octanol–water partition coefficient (Wildman–Crippen LogP) is 3.26. The third kappa shape index (κ3) is 2.28. The van der Waals surface area contributed by atoms with Crippen molar-refractivity contribution in [3.63, 3.8) is 0 Å². The topological polar surface area (TPSA) is 48.9 Å². The Morgan fingerprint density at radius 1 is 1.24 bits per heavy atom. The van der Waals surface area contributed by atoms with Crippen molar-refractivity contribution in [1.29, 1.82) is 0 Å². The highest BCUT2D eigenvalue weighted by Gasteiger charge is 2.13. The van der Waals surface area contributed by atoms with Gasteiger partial charge in [-0.15, -0.1) is 0 Å². The van der Waals surface area contributed by atoms with Gasteiger partial charge in [0.25, 0.3) is 0 Å². The summed E-state index contributed by atoms with van der Waals surface area (Å²) < 4.78 is 0.675. The van der Waals surface area contributed by atoms with Crippen molar-refractivity contribution in [1.82, 2.24) is 9.97 Å². The molecule has 0 radical (unpaired) electrons. The second kappa shape index (κ2) is 4.63. The van der Waals surface area contributed by atoms with Crippen LogP contribution in [0.3, 0.4) is 0 Å². The molecule has 0 spiro atoms. The molecule has 1 aromatic heterocycles. The summed E-state index contributed by atoms with van der Waals surface area (Å²) in [5, 5.41) is 9.16. The van der Waals surface area contributed by atoms with Gasteiger partial charge in [-0.3, -0.25) is 0 Å². The maximum atomic E-state index is 9.16. The van der Waals surface area contributed by atoms with Crippen molar-refractivity contribution < 1.29 is 5.11 Å². The predicted molar refractivity (Wildman–Crippen MR) is 71.9 cm³/mol. The lowest BCUT2D eigenvalue weighted by Gasteiger charge is -2.08. The number of benzene rings is 1. The SMILES string of the molecule is Cc1cc(C)c(-c2nc(Br)c(CO)[nH]2)c(C)c1. The average Bonchev–Trinajstić information content (AvgIpc) is 2.57. The quantitative estimate of drug-likeness (QED) is 0.893. The molecule has 0 amide bonds. The Kier molecular flexibility index (Phi) is 3.35. The molecular weight excluding hydrogens is 280 g/mol. The number of halogens is 1. The van der Waals surface area contributed by atoms with Gasteiger partial charge in [-0.25, -0.2) is 4.98 Å². The maximum Gasteiger partial charge on any atom is 0.139 e. The standard InChI is InChI=1S/C13H15BrN2O/c1-7-4-8(2)11(9(3)5-7)13-15-10(6-17)12(14)16-13/h4-5,17H,6H2,1-3H3,(H,15,16). The van der Waals surface area contributed by atoms with E-state index in [1.807, 2.05) is 0 Å². The van der Waals surface area contributed by atoms with E-state index in [9.17, 15) is 0 Å². The number of aliphatic hydroxyl groups excluding tert-OH is 1. The van der Waals surface area contributed by atoms with Crippen LogP contribution in [-0.4, -0.2) is 15.1 Å². The van der Waals surface area contributed by atoms with Gasteiger partial charge in [0.1, 0.15) is 10.4 Å². The molecule has 0 aliphatic heterocycles. The summed E-state index contributed by atoms with van der Waals surface area (Å²) in [5.41, 5.74) is 5.44. The third-order valence-electron chi connectivity index (χ3n) is 2.80. The summed E-state index contributed by atoms with van der Waals surface area (Å²) >= 11 is 3.34. The molecule has 2 N–H and O–H groups in total. The molecule has 2 aromatic rings. The summed E-state index contributed by atoms with van der Waals surface area (Å²) in [6.45, 7) is 6.19. The Morgan fingerprint density at radius 3 is 2.29 bits per heavy atom. The minimum Gasteiger partial charge on any atom is -0.390 e. The molecule has 4 heteroatoms. The van der Waals surface area contributed by atoms with Gasteiger partial charge in [0.2, 0.25) is 0 Å². The first-order valence-electron chi connectivity index (χ1n) is 5.46. The summed E-state index contributed by atoms with van der Waals surface area (Å²) in [7, 11) is 0. The number of aromatic nitrogens is 2. The fraction of sp³-hybridized carbons (Fsp3) is 0.308. The number of aromatic amines is 1. The van der Waals surface area contributed by atoms with E-state index in [0.29, 0.717) is 10.3 Å². The Bertz CT molecular complexity index is 538. The Hall–Kier alpha value is -1.13. The first-order chi connectivity index (χ1) is 8.02. The largest absolute Gasteiger partial charge is 0.390 e. The number of rotatable bonds is 2. The number of hydrogen-bond donors (Lipinski definition) is 2. The molecule has 0 saturated heterocycles. The third-order valence-corrected chi connectivity index (χ3v) is 3.46. The Labute approximate surface area is 109 Å². The van der Waals surface area contributed by atoms with Crippen molar-refractivity contribution in [2.24, 2.45) is 0 Å². The number of aryl methyl sites for hydroxylation is 3. The van der Waals surface area contributed by atoms with Crippen LogP contribution in [0.5, 0.6) is 0 Å². The van der Waals surface area contributed by atoms with Gasteiger partial charge in [-0.2, -0.15) is 0 Å². The zero-order valence-corrected chi connectivity index (χ0v) is 11.7. The van der Waals surface area contributed by atoms with E-state index >= 15 is 0 Å². The first kappa shape index (κ1) is 12.3. The molecule has 0 unspecified atom stereocenters. The van der Waals surface area contributed by atoms with E-state index in [2.05, 4.69) is 58.8 Å². The fourth-order valence-electron chi connectivity index (χ4n) is 2.16.